The number of hydrogen-bond acceptors (Lipinski definition) is 4. The second-order valence-electron chi connectivity index (χ2n) is 4.80. The van der Waals surface area contributed by atoms with E-state index >= 15 is 0 Å². The van der Waals surface area contributed by atoms with Crippen LogP contribution in [0.15, 0.2) is 33.5 Å². The zero-order chi connectivity index (χ0) is 16.5. The quantitative estimate of drug-likeness (QED) is 0.624. The molecule has 0 spiro atoms. The third-order valence-corrected chi connectivity index (χ3v) is 5.77. The van der Waals surface area contributed by atoms with Gasteiger partial charge in [-0.15, -0.1) is 4.36 Å². The smallest absolute Gasteiger partial charge is 0.264 e. The van der Waals surface area contributed by atoms with E-state index in [1.54, 1.807) is 0 Å². The summed E-state index contributed by atoms with van der Waals surface area (Å²) in [6.45, 7) is -0.455. The summed E-state index contributed by atoms with van der Waals surface area (Å²) in [7, 11) is -3.52. The first kappa shape index (κ1) is 16.4. The number of hydrogen-bond donors (Lipinski definition) is 0. The first-order valence-corrected chi connectivity index (χ1v) is 7.78. The van der Waals surface area contributed by atoms with Gasteiger partial charge in [0.25, 0.3) is 0 Å². The van der Waals surface area contributed by atoms with Gasteiger partial charge in [-0.2, -0.15) is 13.2 Å². The Morgan fingerprint density at radius 3 is 2.27 bits per heavy atom. The first-order valence-electron chi connectivity index (χ1n) is 6.21. The van der Waals surface area contributed by atoms with E-state index in [9.17, 15) is 32.3 Å². The molecule has 1 saturated carbocycles. The van der Waals surface area contributed by atoms with Gasteiger partial charge in [0.2, 0.25) is 6.54 Å². The minimum atomic E-state index is -5.18. The Hall–Kier alpha value is -1.97. The molecule has 0 N–H and O–H groups in total. The molecule has 0 bridgehead atoms. The van der Waals surface area contributed by atoms with Crippen LogP contribution in [0.3, 0.4) is 0 Å². The van der Waals surface area contributed by atoms with Crippen molar-refractivity contribution in [3.8, 4) is 0 Å². The topological polar surface area (TPSA) is 89.6 Å². The molecular weight excluding hydrogens is 325 g/mol. The van der Waals surface area contributed by atoms with Gasteiger partial charge in [-0.3, -0.25) is 14.9 Å². The monoisotopic (exact) mass is 336 g/mol. The molecule has 0 aliphatic heterocycles. The lowest BCUT2D eigenvalue weighted by molar-refractivity contribution is -0.496. The SMILES string of the molecule is O=C(N=S(=O)(c1ccc(C[N+](=O)[O-])cc1)C1CC1)C(F)(F)F. The normalized spacial score (nSPS) is 17.6. The maximum Gasteiger partial charge on any atom is 0.474 e. The highest BCUT2D eigenvalue weighted by atomic mass is 32.2. The Morgan fingerprint density at radius 2 is 1.86 bits per heavy atom. The van der Waals surface area contributed by atoms with E-state index in [1.165, 1.54) is 24.3 Å². The molecule has 1 amide bonds. The summed E-state index contributed by atoms with van der Waals surface area (Å²) >= 11 is 0. The Bertz CT molecular complexity index is 717. The van der Waals surface area contributed by atoms with Crippen LogP contribution in [0, 0.1) is 10.1 Å². The van der Waals surface area contributed by atoms with Crippen molar-refractivity contribution in [2.75, 3.05) is 0 Å². The summed E-state index contributed by atoms with van der Waals surface area (Å²) in [6, 6.07) is 5.06. The van der Waals surface area contributed by atoms with Crippen molar-refractivity contribution in [1.82, 2.24) is 0 Å². The van der Waals surface area contributed by atoms with E-state index in [2.05, 4.69) is 4.36 Å². The van der Waals surface area contributed by atoms with Gasteiger partial charge in [0.05, 0.1) is 9.73 Å². The third-order valence-electron chi connectivity index (χ3n) is 3.01. The van der Waals surface area contributed by atoms with Crippen LogP contribution in [-0.4, -0.2) is 26.5 Å². The molecule has 120 valence electrons. The van der Waals surface area contributed by atoms with E-state index in [0.717, 1.165) is 0 Å². The van der Waals surface area contributed by atoms with Gasteiger partial charge < -0.3 is 0 Å². The number of nitro groups is 1. The van der Waals surface area contributed by atoms with E-state index in [4.69, 9.17) is 0 Å². The lowest BCUT2D eigenvalue weighted by Gasteiger charge is -2.10. The van der Waals surface area contributed by atoms with Crippen LogP contribution in [-0.2, 0) is 21.1 Å². The van der Waals surface area contributed by atoms with Crippen molar-refractivity contribution in [3.05, 3.63) is 39.9 Å². The van der Waals surface area contributed by atoms with Crippen molar-refractivity contribution >= 4 is 15.6 Å². The fourth-order valence-electron chi connectivity index (χ4n) is 1.82. The summed E-state index contributed by atoms with van der Waals surface area (Å²) < 4.78 is 52.7. The number of nitrogens with zero attached hydrogens (tertiary/aromatic N) is 2. The number of amides is 1. The van der Waals surface area contributed by atoms with Crippen molar-refractivity contribution in [2.24, 2.45) is 4.36 Å². The Balaban J connectivity index is 2.40. The molecule has 0 radical (unpaired) electrons. The maximum absolute atomic E-state index is 12.7. The van der Waals surface area contributed by atoms with Crippen LogP contribution >= 0.6 is 0 Å². The fourth-order valence-corrected chi connectivity index (χ4v) is 4.11. The maximum atomic E-state index is 12.7. The minimum absolute atomic E-state index is 0.0142. The van der Waals surface area contributed by atoms with E-state index in [1.807, 2.05) is 0 Å². The minimum Gasteiger partial charge on any atom is -0.264 e. The van der Waals surface area contributed by atoms with E-state index < -0.39 is 38.5 Å². The highest BCUT2D eigenvalue weighted by Gasteiger charge is 2.43. The summed E-state index contributed by atoms with van der Waals surface area (Å²) in [6.07, 6.45) is -4.34. The molecule has 1 atom stereocenters. The Morgan fingerprint density at radius 1 is 1.32 bits per heavy atom. The molecule has 0 saturated heterocycles. The van der Waals surface area contributed by atoms with Gasteiger partial charge in [0.1, 0.15) is 0 Å². The lowest BCUT2D eigenvalue weighted by Crippen LogP contribution is -2.23. The predicted octanol–water partition coefficient (Wildman–Crippen LogP) is 2.54. The molecule has 2 rings (SSSR count). The van der Waals surface area contributed by atoms with Crippen LogP contribution in [0.25, 0.3) is 0 Å². The summed E-state index contributed by atoms with van der Waals surface area (Å²) in [5.41, 5.74) is 0.313. The van der Waals surface area contributed by atoms with Crippen LogP contribution in [0.5, 0.6) is 0 Å². The lowest BCUT2D eigenvalue weighted by atomic mass is 10.2. The van der Waals surface area contributed by atoms with Gasteiger partial charge in [-0.05, 0) is 25.0 Å². The highest BCUT2D eigenvalue weighted by Crippen LogP contribution is 2.36. The van der Waals surface area contributed by atoms with Crippen LogP contribution in [0.4, 0.5) is 13.2 Å². The Kier molecular flexibility index (Phi) is 4.23. The molecular formula is C12H11F3N2O4S. The Labute approximate surface area is 123 Å². The van der Waals surface area contributed by atoms with Gasteiger partial charge in [-0.25, -0.2) is 4.21 Å². The third kappa shape index (κ3) is 3.62. The number of carbonyl (C=O) groups is 1. The van der Waals surface area contributed by atoms with Gasteiger partial charge >= 0.3 is 12.1 Å². The molecule has 6 nitrogen and oxygen atoms in total. The molecule has 1 aliphatic rings. The standard InChI is InChI=1S/C12H11F3N2O4S/c13-12(14,15)11(18)16-22(21,10-5-6-10)9-3-1-8(2-4-9)7-17(19)20/h1-4,10H,5-7H2. The van der Waals surface area contributed by atoms with Crippen molar-refractivity contribution < 1.29 is 27.1 Å². The van der Waals surface area contributed by atoms with Crippen LogP contribution < -0.4 is 0 Å². The second kappa shape index (κ2) is 5.67. The number of carbonyl (C=O) groups excluding carboxylic acids is 1. The summed E-state index contributed by atoms with van der Waals surface area (Å²) in [5, 5.41) is 9.79. The molecule has 0 aromatic heterocycles. The number of rotatable bonds is 4. The largest absolute Gasteiger partial charge is 0.474 e. The van der Waals surface area contributed by atoms with Crippen molar-refractivity contribution in [3.63, 3.8) is 0 Å². The zero-order valence-corrected chi connectivity index (χ0v) is 11.9. The molecule has 1 aromatic rings. The fraction of sp³-hybridized carbons (Fsp3) is 0.417. The van der Waals surface area contributed by atoms with Crippen LogP contribution in [0.1, 0.15) is 18.4 Å². The van der Waals surface area contributed by atoms with Gasteiger partial charge in [0, 0.05) is 20.6 Å². The zero-order valence-electron chi connectivity index (χ0n) is 11.1. The van der Waals surface area contributed by atoms with Crippen molar-refractivity contribution in [2.45, 2.75) is 35.7 Å². The molecule has 1 unspecified atom stereocenters. The van der Waals surface area contributed by atoms with E-state index in [0.29, 0.717) is 18.4 Å². The number of alkyl halides is 3. The average Bonchev–Trinajstić information content (AvgIpc) is 3.22. The molecule has 1 aliphatic carbocycles. The van der Waals surface area contributed by atoms with E-state index in [-0.39, 0.29) is 4.90 Å². The molecule has 0 heterocycles. The van der Waals surface area contributed by atoms with Crippen LogP contribution in [0.2, 0.25) is 0 Å². The van der Waals surface area contributed by atoms with Gasteiger partial charge in [-0.1, -0.05) is 12.1 Å². The second-order valence-corrected chi connectivity index (χ2v) is 7.25. The van der Waals surface area contributed by atoms with Crippen molar-refractivity contribution in [1.29, 1.82) is 0 Å². The average molecular weight is 336 g/mol. The number of halogens is 3. The first-order chi connectivity index (χ1) is 10.1. The summed E-state index contributed by atoms with van der Waals surface area (Å²) in [4.78, 5) is 20.8. The molecule has 1 aromatic carbocycles. The highest BCUT2D eigenvalue weighted by molar-refractivity contribution is 7.94. The number of benzene rings is 1. The molecule has 22 heavy (non-hydrogen) atoms. The van der Waals surface area contributed by atoms with Gasteiger partial charge in [0.15, 0.2) is 0 Å². The molecule has 1 fully saturated rings. The predicted molar refractivity (Wildman–Crippen MR) is 70.1 cm³/mol. The summed E-state index contributed by atoms with van der Waals surface area (Å²) in [5.74, 6) is -2.38. The molecule has 10 heteroatoms.